The molecule has 0 amide bonds. The minimum absolute atomic E-state index is 0.0144. The van der Waals surface area contributed by atoms with E-state index in [1.54, 1.807) is 6.07 Å². The molecule has 0 aliphatic carbocycles. The number of halogens is 1. The summed E-state index contributed by atoms with van der Waals surface area (Å²) in [6, 6.07) is 3.86. The van der Waals surface area contributed by atoms with Gasteiger partial charge in [-0.1, -0.05) is 0 Å². The average molecular weight is 179 g/mol. The molecule has 1 N–H and O–H groups in total. The smallest absolute Gasteiger partial charge is 0.336 e. The quantitative estimate of drug-likeness (QED) is 0.713. The first-order valence-corrected chi connectivity index (χ1v) is 3.50. The van der Waals surface area contributed by atoms with E-state index in [0.29, 0.717) is 0 Å². The number of nitriles is 1. The van der Waals surface area contributed by atoms with Gasteiger partial charge in [-0.05, 0) is 24.6 Å². The van der Waals surface area contributed by atoms with Gasteiger partial charge in [0.1, 0.15) is 5.82 Å². The summed E-state index contributed by atoms with van der Waals surface area (Å²) in [6.45, 7) is 1.36. The van der Waals surface area contributed by atoms with E-state index in [4.69, 9.17) is 10.4 Å². The average Bonchev–Trinajstić information content (AvgIpc) is 2.09. The van der Waals surface area contributed by atoms with Crippen LogP contribution in [0.1, 0.15) is 21.5 Å². The van der Waals surface area contributed by atoms with Gasteiger partial charge in [-0.25, -0.2) is 9.18 Å². The van der Waals surface area contributed by atoms with Crippen LogP contribution in [0.25, 0.3) is 0 Å². The van der Waals surface area contributed by atoms with Crippen LogP contribution in [0.15, 0.2) is 12.1 Å². The molecule has 13 heavy (non-hydrogen) atoms. The summed E-state index contributed by atoms with van der Waals surface area (Å²) in [4.78, 5) is 10.6. The van der Waals surface area contributed by atoms with Crippen LogP contribution in [0.3, 0.4) is 0 Å². The van der Waals surface area contributed by atoms with Crippen LogP contribution in [0, 0.1) is 24.1 Å². The van der Waals surface area contributed by atoms with Gasteiger partial charge in [0.15, 0.2) is 0 Å². The Morgan fingerprint density at radius 2 is 2.23 bits per heavy atom. The van der Waals surface area contributed by atoms with Crippen molar-refractivity contribution in [3.8, 4) is 6.07 Å². The highest BCUT2D eigenvalue weighted by Crippen LogP contribution is 2.15. The van der Waals surface area contributed by atoms with Crippen molar-refractivity contribution in [3.05, 3.63) is 34.6 Å². The highest BCUT2D eigenvalue weighted by Gasteiger charge is 2.12. The number of rotatable bonds is 1. The first-order chi connectivity index (χ1) is 6.06. The molecule has 0 aliphatic rings. The number of hydrogen-bond acceptors (Lipinski definition) is 2. The van der Waals surface area contributed by atoms with Crippen molar-refractivity contribution in [2.75, 3.05) is 0 Å². The number of carboxylic acids is 1. The fourth-order valence-corrected chi connectivity index (χ4v) is 0.966. The van der Waals surface area contributed by atoms with E-state index < -0.39 is 11.8 Å². The molecule has 0 atom stereocenters. The number of benzene rings is 1. The standard InChI is InChI=1S/C9H6FNO2/c1-5-7(9(12)13)2-6(4-11)3-8(5)10/h2-3H,1H3,(H,12,13). The Hall–Kier alpha value is -1.89. The molecular formula is C9H6FNO2. The minimum Gasteiger partial charge on any atom is -0.478 e. The van der Waals surface area contributed by atoms with Gasteiger partial charge in [-0.2, -0.15) is 5.26 Å². The molecule has 66 valence electrons. The van der Waals surface area contributed by atoms with Crippen molar-refractivity contribution in [1.82, 2.24) is 0 Å². The highest BCUT2D eigenvalue weighted by atomic mass is 19.1. The molecule has 4 heteroatoms. The zero-order valence-electron chi connectivity index (χ0n) is 6.84. The molecule has 0 unspecified atom stereocenters. The molecule has 0 aromatic heterocycles. The third kappa shape index (κ3) is 1.64. The summed E-state index contributed by atoms with van der Waals surface area (Å²) in [5, 5.41) is 17.1. The van der Waals surface area contributed by atoms with E-state index >= 15 is 0 Å². The Kier molecular flexibility index (Phi) is 2.29. The molecule has 3 nitrogen and oxygen atoms in total. The SMILES string of the molecule is Cc1c(F)cc(C#N)cc1C(=O)O. The van der Waals surface area contributed by atoms with Gasteiger partial charge >= 0.3 is 5.97 Å². The van der Waals surface area contributed by atoms with E-state index in [9.17, 15) is 9.18 Å². The van der Waals surface area contributed by atoms with Crippen LogP contribution in [0.4, 0.5) is 4.39 Å². The lowest BCUT2D eigenvalue weighted by atomic mass is 10.1. The second-order valence-corrected chi connectivity index (χ2v) is 2.55. The number of aromatic carboxylic acids is 1. The van der Waals surface area contributed by atoms with Gasteiger partial charge < -0.3 is 5.11 Å². The third-order valence-corrected chi connectivity index (χ3v) is 1.70. The molecule has 0 aliphatic heterocycles. The van der Waals surface area contributed by atoms with Gasteiger partial charge in [0.05, 0.1) is 17.2 Å². The molecular weight excluding hydrogens is 173 g/mol. The van der Waals surface area contributed by atoms with Crippen molar-refractivity contribution in [2.45, 2.75) is 6.92 Å². The predicted molar refractivity (Wildman–Crippen MR) is 42.8 cm³/mol. The first kappa shape index (κ1) is 9.20. The van der Waals surface area contributed by atoms with Gasteiger partial charge in [-0.3, -0.25) is 0 Å². The summed E-state index contributed by atoms with van der Waals surface area (Å²) < 4.78 is 13.0. The Morgan fingerprint density at radius 3 is 2.69 bits per heavy atom. The lowest BCUT2D eigenvalue weighted by molar-refractivity contribution is 0.0695. The molecule has 0 radical (unpaired) electrons. The highest BCUT2D eigenvalue weighted by molar-refractivity contribution is 5.89. The third-order valence-electron chi connectivity index (χ3n) is 1.70. The van der Waals surface area contributed by atoms with E-state index in [2.05, 4.69) is 0 Å². The lowest BCUT2D eigenvalue weighted by Crippen LogP contribution is -2.02. The van der Waals surface area contributed by atoms with Crippen molar-refractivity contribution < 1.29 is 14.3 Å². The second kappa shape index (κ2) is 3.23. The van der Waals surface area contributed by atoms with Crippen molar-refractivity contribution in [1.29, 1.82) is 5.26 Å². The molecule has 0 bridgehead atoms. The molecule has 0 fully saturated rings. The Morgan fingerprint density at radius 1 is 1.62 bits per heavy atom. The summed E-state index contributed by atoms with van der Waals surface area (Å²) in [5.41, 5.74) is -0.108. The van der Waals surface area contributed by atoms with Crippen LogP contribution >= 0.6 is 0 Å². The summed E-state index contributed by atoms with van der Waals surface area (Å²) in [6.07, 6.45) is 0. The summed E-state index contributed by atoms with van der Waals surface area (Å²) in [5.74, 6) is -1.90. The maximum absolute atomic E-state index is 13.0. The molecule has 0 saturated heterocycles. The Labute approximate surface area is 74.0 Å². The maximum atomic E-state index is 13.0. The van der Waals surface area contributed by atoms with E-state index in [-0.39, 0.29) is 16.7 Å². The van der Waals surface area contributed by atoms with Gasteiger partial charge in [0.2, 0.25) is 0 Å². The van der Waals surface area contributed by atoms with E-state index in [1.165, 1.54) is 6.92 Å². The summed E-state index contributed by atoms with van der Waals surface area (Å²) >= 11 is 0. The maximum Gasteiger partial charge on any atom is 0.336 e. The van der Waals surface area contributed by atoms with Crippen LogP contribution in [0.5, 0.6) is 0 Å². The Bertz CT molecular complexity index is 407. The second-order valence-electron chi connectivity index (χ2n) is 2.55. The van der Waals surface area contributed by atoms with Gasteiger partial charge in [-0.15, -0.1) is 0 Å². The molecule has 0 spiro atoms. The molecule has 0 heterocycles. The zero-order valence-corrected chi connectivity index (χ0v) is 6.84. The topological polar surface area (TPSA) is 61.1 Å². The van der Waals surface area contributed by atoms with Gasteiger partial charge in [0, 0.05) is 0 Å². The number of carbonyl (C=O) groups is 1. The van der Waals surface area contributed by atoms with Crippen molar-refractivity contribution >= 4 is 5.97 Å². The monoisotopic (exact) mass is 179 g/mol. The fourth-order valence-electron chi connectivity index (χ4n) is 0.966. The minimum atomic E-state index is -1.23. The van der Waals surface area contributed by atoms with Crippen LogP contribution in [-0.2, 0) is 0 Å². The fraction of sp³-hybridized carbons (Fsp3) is 0.111. The Balaban J connectivity index is 3.44. The molecule has 0 saturated carbocycles. The largest absolute Gasteiger partial charge is 0.478 e. The van der Waals surface area contributed by atoms with Crippen molar-refractivity contribution in [2.24, 2.45) is 0 Å². The van der Waals surface area contributed by atoms with E-state index in [0.717, 1.165) is 12.1 Å². The van der Waals surface area contributed by atoms with Crippen LogP contribution < -0.4 is 0 Å². The van der Waals surface area contributed by atoms with Crippen molar-refractivity contribution in [3.63, 3.8) is 0 Å². The van der Waals surface area contributed by atoms with Gasteiger partial charge in [0.25, 0.3) is 0 Å². The molecule has 1 aromatic carbocycles. The lowest BCUT2D eigenvalue weighted by Gasteiger charge is -2.01. The number of nitrogens with zero attached hydrogens (tertiary/aromatic N) is 1. The number of hydrogen-bond donors (Lipinski definition) is 1. The normalized spacial score (nSPS) is 9.31. The van der Waals surface area contributed by atoms with Crippen LogP contribution in [-0.4, -0.2) is 11.1 Å². The first-order valence-electron chi connectivity index (χ1n) is 3.50. The molecule has 1 rings (SSSR count). The number of carboxylic acid groups (broad SMARTS) is 1. The zero-order chi connectivity index (χ0) is 10.0. The predicted octanol–water partition coefficient (Wildman–Crippen LogP) is 1.70. The van der Waals surface area contributed by atoms with E-state index in [1.807, 2.05) is 0 Å². The summed E-state index contributed by atoms with van der Waals surface area (Å²) in [7, 11) is 0. The molecule has 1 aromatic rings. The van der Waals surface area contributed by atoms with Crippen LogP contribution in [0.2, 0.25) is 0 Å².